The number of carboxylic acids is 1. The highest BCUT2D eigenvalue weighted by Crippen LogP contribution is 2.34. The number of fused-ring (bicyclic) bond motifs is 1. The van der Waals surface area contributed by atoms with Gasteiger partial charge in [0.2, 0.25) is 0 Å². The molecule has 0 saturated carbocycles. The van der Waals surface area contributed by atoms with E-state index in [1.165, 1.54) is 27.6 Å². The Hall–Kier alpha value is -1.70. The number of aryl methyl sites for hydroxylation is 1. The van der Waals surface area contributed by atoms with Crippen LogP contribution in [-0.4, -0.2) is 23.6 Å². The number of carbonyl (C=O) groups excluding carboxylic acids is 1. The maximum Gasteiger partial charge on any atom is 0.339 e. The number of ether oxygens (including phenoxy) is 1. The Kier molecular flexibility index (Phi) is 4.52. The summed E-state index contributed by atoms with van der Waals surface area (Å²) in [6.07, 6.45) is 1.45. The largest absolute Gasteiger partial charge is 0.478 e. The van der Waals surface area contributed by atoms with Crippen molar-refractivity contribution in [2.24, 2.45) is 0 Å². The van der Waals surface area contributed by atoms with Gasteiger partial charge in [0.1, 0.15) is 5.00 Å². The lowest BCUT2D eigenvalue weighted by atomic mass is 10.1. The van der Waals surface area contributed by atoms with Gasteiger partial charge in [-0.05, 0) is 30.5 Å². The molecule has 0 atom stereocenters. The highest BCUT2D eigenvalue weighted by Gasteiger charge is 2.23. The van der Waals surface area contributed by atoms with Crippen molar-refractivity contribution < 1.29 is 19.4 Å². The first kappa shape index (κ1) is 16.2. The first-order valence-electron chi connectivity index (χ1n) is 7.37. The predicted molar refractivity (Wildman–Crippen MR) is 91.0 cm³/mol. The molecule has 3 rings (SSSR count). The lowest BCUT2D eigenvalue weighted by Crippen LogP contribution is -2.12. The van der Waals surface area contributed by atoms with Crippen LogP contribution < -0.4 is 5.32 Å². The minimum Gasteiger partial charge on any atom is -0.478 e. The van der Waals surface area contributed by atoms with Gasteiger partial charge in [0.15, 0.2) is 0 Å². The molecule has 2 aromatic heterocycles. The summed E-state index contributed by atoms with van der Waals surface area (Å²) >= 11 is 2.78. The molecule has 2 N–H and O–H groups in total. The fourth-order valence-electron chi connectivity index (χ4n) is 2.74. The van der Waals surface area contributed by atoms with Crippen LogP contribution in [0.25, 0.3) is 0 Å². The number of aromatic carboxylic acids is 1. The summed E-state index contributed by atoms with van der Waals surface area (Å²) in [5.74, 6) is -1.25. The van der Waals surface area contributed by atoms with Gasteiger partial charge >= 0.3 is 5.97 Å². The van der Waals surface area contributed by atoms with Crippen molar-refractivity contribution in [3.05, 3.63) is 37.4 Å². The zero-order valence-electron chi connectivity index (χ0n) is 12.9. The molecule has 122 valence electrons. The van der Waals surface area contributed by atoms with Crippen LogP contribution >= 0.6 is 22.7 Å². The van der Waals surface area contributed by atoms with Crippen LogP contribution in [0, 0.1) is 6.92 Å². The Morgan fingerprint density at radius 2 is 2.17 bits per heavy atom. The molecule has 0 aliphatic carbocycles. The zero-order chi connectivity index (χ0) is 16.6. The number of rotatable bonds is 4. The molecule has 1 aliphatic heterocycles. The number of hydrogen-bond donors (Lipinski definition) is 2. The van der Waals surface area contributed by atoms with E-state index in [0.29, 0.717) is 29.5 Å². The van der Waals surface area contributed by atoms with Gasteiger partial charge in [-0.2, -0.15) is 0 Å². The van der Waals surface area contributed by atoms with Crippen LogP contribution in [0.2, 0.25) is 0 Å². The molecule has 1 aliphatic rings. The van der Waals surface area contributed by atoms with Crippen LogP contribution in [0.5, 0.6) is 0 Å². The number of hydrogen-bond acceptors (Lipinski definition) is 5. The second-order valence-corrected chi connectivity index (χ2v) is 7.68. The predicted octanol–water partition coefficient (Wildman–Crippen LogP) is 3.70. The van der Waals surface area contributed by atoms with E-state index >= 15 is 0 Å². The minimum absolute atomic E-state index is 0.216. The quantitative estimate of drug-likeness (QED) is 0.880. The summed E-state index contributed by atoms with van der Waals surface area (Å²) in [7, 11) is 0. The summed E-state index contributed by atoms with van der Waals surface area (Å²) < 4.78 is 5.39. The SMILES string of the molecule is CCc1c(C)sc(NC(=O)c2cc3c(s2)CCOC3)c1C(=O)O. The summed E-state index contributed by atoms with van der Waals surface area (Å²) in [4.78, 5) is 26.7. The van der Waals surface area contributed by atoms with Gasteiger partial charge in [-0.15, -0.1) is 22.7 Å². The lowest BCUT2D eigenvalue weighted by Gasteiger charge is -2.10. The summed E-state index contributed by atoms with van der Waals surface area (Å²) in [5.41, 5.74) is 2.06. The molecule has 0 unspecified atom stereocenters. The molecule has 0 aromatic carbocycles. The van der Waals surface area contributed by atoms with Gasteiger partial charge in [-0.3, -0.25) is 4.79 Å². The van der Waals surface area contributed by atoms with E-state index in [2.05, 4.69) is 5.32 Å². The fraction of sp³-hybridized carbons (Fsp3) is 0.375. The van der Waals surface area contributed by atoms with Crippen LogP contribution in [0.15, 0.2) is 6.07 Å². The van der Waals surface area contributed by atoms with Gasteiger partial charge in [0.05, 0.1) is 23.7 Å². The first-order chi connectivity index (χ1) is 11.0. The smallest absolute Gasteiger partial charge is 0.339 e. The number of thiophene rings is 2. The molecule has 0 radical (unpaired) electrons. The van der Waals surface area contributed by atoms with E-state index in [-0.39, 0.29) is 11.5 Å². The van der Waals surface area contributed by atoms with E-state index < -0.39 is 5.97 Å². The Morgan fingerprint density at radius 3 is 2.83 bits per heavy atom. The Balaban J connectivity index is 1.88. The Morgan fingerprint density at radius 1 is 1.39 bits per heavy atom. The number of carboxylic acid groups (broad SMARTS) is 1. The maximum atomic E-state index is 12.5. The zero-order valence-corrected chi connectivity index (χ0v) is 14.5. The van der Waals surface area contributed by atoms with Crippen molar-refractivity contribution in [1.82, 2.24) is 0 Å². The topological polar surface area (TPSA) is 75.6 Å². The Bertz CT molecular complexity index is 752. The molecule has 1 amide bonds. The van der Waals surface area contributed by atoms with Crippen molar-refractivity contribution in [2.75, 3.05) is 11.9 Å². The van der Waals surface area contributed by atoms with Gasteiger partial charge in [-0.25, -0.2) is 4.79 Å². The standard InChI is InChI=1S/C16H17NO4S2/c1-3-10-8(2)22-15(13(10)16(19)20)17-14(18)12-6-9-7-21-5-4-11(9)23-12/h6H,3-5,7H2,1-2H3,(H,17,18)(H,19,20). The van der Waals surface area contributed by atoms with Crippen LogP contribution in [0.3, 0.4) is 0 Å². The molecule has 3 heterocycles. The lowest BCUT2D eigenvalue weighted by molar-refractivity contribution is 0.0697. The third kappa shape index (κ3) is 3.04. The molecule has 0 saturated heterocycles. The maximum absolute atomic E-state index is 12.5. The normalized spacial score (nSPS) is 13.7. The highest BCUT2D eigenvalue weighted by molar-refractivity contribution is 7.17. The molecular formula is C16H17NO4S2. The van der Waals surface area contributed by atoms with E-state index in [9.17, 15) is 14.7 Å². The van der Waals surface area contributed by atoms with Gasteiger partial charge < -0.3 is 15.2 Å². The average molecular weight is 351 g/mol. The van der Waals surface area contributed by atoms with E-state index in [1.807, 2.05) is 19.9 Å². The van der Waals surface area contributed by atoms with E-state index in [1.54, 1.807) is 0 Å². The summed E-state index contributed by atoms with van der Waals surface area (Å²) in [6, 6.07) is 1.84. The number of nitrogens with one attached hydrogen (secondary N) is 1. The molecule has 2 aromatic rings. The summed E-state index contributed by atoms with van der Waals surface area (Å²) in [5, 5.41) is 12.6. The average Bonchev–Trinajstić information content (AvgIpc) is 3.07. The van der Waals surface area contributed by atoms with Crippen molar-refractivity contribution in [3.8, 4) is 0 Å². The van der Waals surface area contributed by atoms with Crippen molar-refractivity contribution >= 4 is 39.6 Å². The van der Waals surface area contributed by atoms with E-state index in [0.717, 1.165) is 22.4 Å². The highest BCUT2D eigenvalue weighted by atomic mass is 32.1. The third-order valence-electron chi connectivity index (χ3n) is 3.85. The Labute approximate surface area is 141 Å². The second-order valence-electron chi connectivity index (χ2n) is 5.32. The molecule has 23 heavy (non-hydrogen) atoms. The molecule has 0 spiro atoms. The number of amides is 1. The van der Waals surface area contributed by atoms with E-state index in [4.69, 9.17) is 4.74 Å². The van der Waals surface area contributed by atoms with Crippen LogP contribution in [0.4, 0.5) is 5.00 Å². The van der Waals surface area contributed by atoms with Crippen LogP contribution in [-0.2, 0) is 24.2 Å². The second kappa shape index (κ2) is 6.43. The molecule has 5 nitrogen and oxygen atoms in total. The molecule has 0 fully saturated rings. The van der Waals surface area contributed by atoms with Gasteiger partial charge in [-0.1, -0.05) is 6.92 Å². The van der Waals surface area contributed by atoms with Crippen molar-refractivity contribution in [3.63, 3.8) is 0 Å². The van der Waals surface area contributed by atoms with Gasteiger partial charge in [0.25, 0.3) is 5.91 Å². The van der Waals surface area contributed by atoms with Gasteiger partial charge in [0, 0.05) is 16.2 Å². The first-order valence-corrected chi connectivity index (χ1v) is 9.00. The third-order valence-corrected chi connectivity index (χ3v) is 6.15. The van der Waals surface area contributed by atoms with Crippen LogP contribution in [0.1, 0.15) is 47.8 Å². The fourth-order valence-corrected chi connectivity index (χ4v) is 4.92. The molecule has 0 bridgehead atoms. The summed E-state index contributed by atoms with van der Waals surface area (Å²) in [6.45, 7) is 5.02. The van der Waals surface area contributed by atoms with Crippen molar-refractivity contribution in [1.29, 1.82) is 0 Å². The molecule has 7 heteroatoms. The number of anilines is 1. The molecular weight excluding hydrogens is 334 g/mol. The van der Waals surface area contributed by atoms with Crippen molar-refractivity contribution in [2.45, 2.75) is 33.3 Å². The number of carbonyl (C=O) groups is 2. The monoisotopic (exact) mass is 351 g/mol. The minimum atomic E-state index is -1.000.